The number of hydrogen-bond acceptors (Lipinski definition) is 6. The molecular formula is C23H24N2O4. The van der Waals surface area contributed by atoms with Gasteiger partial charge in [0, 0.05) is 36.5 Å². The maximum atomic E-state index is 9.92. The highest BCUT2D eigenvalue weighted by Crippen LogP contribution is 2.34. The summed E-state index contributed by atoms with van der Waals surface area (Å²) in [5.74, 6) is 2.60. The van der Waals surface area contributed by atoms with Gasteiger partial charge in [0.15, 0.2) is 11.5 Å². The van der Waals surface area contributed by atoms with Crippen molar-refractivity contribution in [2.75, 3.05) is 25.1 Å². The van der Waals surface area contributed by atoms with Crippen LogP contribution >= 0.6 is 0 Å². The van der Waals surface area contributed by atoms with E-state index in [1.165, 1.54) is 0 Å². The molecule has 2 aromatic carbocycles. The predicted molar refractivity (Wildman–Crippen MR) is 111 cm³/mol. The quantitative estimate of drug-likeness (QED) is 0.655. The topological polar surface area (TPSA) is 64.1 Å². The molecule has 1 N–H and O–H groups in total. The minimum absolute atomic E-state index is 0.0687. The van der Waals surface area contributed by atoms with Crippen LogP contribution in [0.5, 0.6) is 23.1 Å². The van der Waals surface area contributed by atoms with Crippen LogP contribution < -0.4 is 19.1 Å². The first-order valence-electron chi connectivity index (χ1n) is 9.64. The van der Waals surface area contributed by atoms with Crippen molar-refractivity contribution in [3.8, 4) is 23.1 Å². The summed E-state index contributed by atoms with van der Waals surface area (Å²) >= 11 is 0. The highest BCUT2D eigenvalue weighted by Gasteiger charge is 2.26. The van der Waals surface area contributed by atoms with Crippen LogP contribution in [0.15, 0.2) is 66.9 Å². The first-order valence-corrected chi connectivity index (χ1v) is 9.64. The Morgan fingerprint density at radius 1 is 1.07 bits per heavy atom. The Kier molecular flexibility index (Phi) is 5.81. The largest absolute Gasteiger partial charge is 0.493 e. The number of methoxy groups -OCH3 is 1. The Bertz CT molecular complexity index is 949. The molecule has 1 aliphatic rings. The summed E-state index contributed by atoms with van der Waals surface area (Å²) in [5.41, 5.74) is 1.81. The number of aliphatic hydroxyl groups excluding tert-OH is 1. The third kappa shape index (κ3) is 4.43. The van der Waals surface area contributed by atoms with E-state index < -0.39 is 0 Å². The maximum Gasteiger partial charge on any atom is 0.213 e. The summed E-state index contributed by atoms with van der Waals surface area (Å²) in [4.78, 5) is 6.46. The number of ether oxygens (including phenoxy) is 3. The Morgan fingerprint density at radius 3 is 2.66 bits per heavy atom. The van der Waals surface area contributed by atoms with Gasteiger partial charge in [-0.1, -0.05) is 18.2 Å². The van der Waals surface area contributed by atoms with Crippen LogP contribution in [0.4, 0.5) is 5.69 Å². The van der Waals surface area contributed by atoms with E-state index in [1.807, 2.05) is 60.7 Å². The average Bonchev–Trinajstić information content (AvgIpc) is 3.23. The van der Waals surface area contributed by atoms with E-state index >= 15 is 0 Å². The molecule has 150 valence electrons. The SMILES string of the molecule is COc1ccccc1Oc1ccc(N2CCC(Oc3ccccn3)C2)c(CO)c1. The molecule has 4 rings (SSSR count). The van der Waals surface area contributed by atoms with E-state index in [1.54, 1.807) is 13.3 Å². The molecule has 0 spiro atoms. The molecule has 6 heteroatoms. The van der Waals surface area contributed by atoms with Crippen molar-refractivity contribution < 1.29 is 19.3 Å². The maximum absolute atomic E-state index is 9.92. The Hall–Kier alpha value is -3.25. The van der Waals surface area contributed by atoms with Gasteiger partial charge in [-0.3, -0.25) is 0 Å². The van der Waals surface area contributed by atoms with E-state index in [2.05, 4.69) is 9.88 Å². The van der Waals surface area contributed by atoms with Gasteiger partial charge in [0.2, 0.25) is 5.88 Å². The van der Waals surface area contributed by atoms with Gasteiger partial charge in [0.1, 0.15) is 11.9 Å². The number of nitrogens with zero attached hydrogens (tertiary/aromatic N) is 2. The molecule has 29 heavy (non-hydrogen) atoms. The Morgan fingerprint density at radius 2 is 1.90 bits per heavy atom. The first kappa shape index (κ1) is 19.1. The summed E-state index contributed by atoms with van der Waals surface area (Å²) in [6.45, 7) is 1.54. The Labute approximate surface area is 170 Å². The third-order valence-corrected chi connectivity index (χ3v) is 4.93. The number of anilines is 1. The van der Waals surface area contributed by atoms with Crippen LogP contribution in [-0.2, 0) is 6.61 Å². The molecule has 1 aliphatic heterocycles. The zero-order valence-corrected chi connectivity index (χ0v) is 16.3. The standard InChI is InChI=1S/C23H24N2O4/c1-27-21-6-2-3-7-22(21)28-18-9-10-20(17(14-18)16-26)25-13-11-19(15-25)29-23-8-4-5-12-24-23/h2-10,12,14,19,26H,11,13,15-16H2,1H3. The second-order valence-corrected chi connectivity index (χ2v) is 6.84. The lowest BCUT2D eigenvalue weighted by molar-refractivity contribution is 0.216. The average molecular weight is 392 g/mol. The lowest BCUT2D eigenvalue weighted by Crippen LogP contribution is -2.25. The van der Waals surface area contributed by atoms with Gasteiger partial charge < -0.3 is 24.2 Å². The van der Waals surface area contributed by atoms with Crippen molar-refractivity contribution in [1.82, 2.24) is 4.98 Å². The number of para-hydroxylation sites is 2. The normalized spacial score (nSPS) is 15.9. The van der Waals surface area contributed by atoms with Crippen LogP contribution in [0, 0.1) is 0 Å². The number of aliphatic hydroxyl groups is 1. The van der Waals surface area contributed by atoms with Crippen molar-refractivity contribution in [2.45, 2.75) is 19.1 Å². The minimum Gasteiger partial charge on any atom is -0.493 e. The second kappa shape index (κ2) is 8.84. The summed E-state index contributed by atoms with van der Waals surface area (Å²) < 4.78 is 17.3. The van der Waals surface area contributed by atoms with Crippen LogP contribution in [0.1, 0.15) is 12.0 Å². The molecule has 0 bridgehead atoms. The zero-order valence-electron chi connectivity index (χ0n) is 16.3. The molecule has 1 fully saturated rings. The van der Waals surface area contributed by atoms with Crippen LogP contribution in [-0.4, -0.2) is 36.4 Å². The first-order chi connectivity index (χ1) is 14.3. The fraction of sp³-hybridized carbons (Fsp3) is 0.261. The van der Waals surface area contributed by atoms with Crippen molar-refractivity contribution in [3.63, 3.8) is 0 Å². The van der Waals surface area contributed by atoms with E-state index in [0.717, 1.165) is 30.8 Å². The lowest BCUT2D eigenvalue weighted by Gasteiger charge is -2.22. The molecule has 0 amide bonds. The van der Waals surface area contributed by atoms with E-state index in [9.17, 15) is 5.11 Å². The fourth-order valence-corrected chi connectivity index (χ4v) is 3.52. The molecule has 1 saturated heterocycles. The fourth-order valence-electron chi connectivity index (χ4n) is 3.52. The van der Waals surface area contributed by atoms with E-state index in [4.69, 9.17) is 14.2 Å². The number of pyridine rings is 1. The molecule has 1 aromatic heterocycles. The van der Waals surface area contributed by atoms with Gasteiger partial charge in [0.25, 0.3) is 0 Å². The molecule has 0 saturated carbocycles. The van der Waals surface area contributed by atoms with Crippen LogP contribution in [0.3, 0.4) is 0 Å². The molecule has 2 heterocycles. The monoisotopic (exact) mass is 392 g/mol. The minimum atomic E-state index is -0.0687. The van der Waals surface area contributed by atoms with Crippen LogP contribution in [0.2, 0.25) is 0 Å². The summed E-state index contributed by atoms with van der Waals surface area (Å²) in [5, 5.41) is 9.92. The van der Waals surface area contributed by atoms with Crippen molar-refractivity contribution in [2.24, 2.45) is 0 Å². The smallest absolute Gasteiger partial charge is 0.213 e. The van der Waals surface area contributed by atoms with Crippen LogP contribution in [0.25, 0.3) is 0 Å². The van der Waals surface area contributed by atoms with E-state index in [0.29, 0.717) is 23.1 Å². The molecule has 1 atom stereocenters. The second-order valence-electron chi connectivity index (χ2n) is 6.84. The molecule has 6 nitrogen and oxygen atoms in total. The summed E-state index contributed by atoms with van der Waals surface area (Å²) in [6.07, 6.45) is 2.70. The van der Waals surface area contributed by atoms with Gasteiger partial charge in [-0.15, -0.1) is 0 Å². The van der Waals surface area contributed by atoms with E-state index in [-0.39, 0.29) is 12.7 Å². The Balaban J connectivity index is 1.47. The van der Waals surface area contributed by atoms with Gasteiger partial charge in [0.05, 0.1) is 20.3 Å². The highest BCUT2D eigenvalue weighted by molar-refractivity contribution is 5.58. The van der Waals surface area contributed by atoms with Crippen molar-refractivity contribution in [1.29, 1.82) is 0 Å². The number of aromatic nitrogens is 1. The van der Waals surface area contributed by atoms with Gasteiger partial charge in [-0.05, 0) is 36.4 Å². The molecule has 3 aromatic rings. The van der Waals surface area contributed by atoms with Crippen molar-refractivity contribution >= 4 is 5.69 Å². The third-order valence-electron chi connectivity index (χ3n) is 4.93. The van der Waals surface area contributed by atoms with Gasteiger partial charge in [-0.2, -0.15) is 0 Å². The summed E-state index contributed by atoms with van der Waals surface area (Å²) in [7, 11) is 1.61. The summed E-state index contributed by atoms with van der Waals surface area (Å²) in [6, 6.07) is 18.9. The van der Waals surface area contributed by atoms with Gasteiger partial charge >= 0.3 is 0 Å². The number of rotatable bonds is 7. The number of hydrogen-bond donors (Lipinski definition) is 1. The predicted octanol–water partition coefficient (Wildman–Crippen LogP) is 4.03. The van der Waals surface area contributed by atoms with Gasteiger partial charge in [-0.25, -0.2) is 4.98 Å². The highest BCUT2D eigenvalue weighted by atomic mass is 16.5. The van der Waals surface area contributed by atoms with Crippen molar-refractivity contribution in [3.05, 3.63) is 72.4 Å². The number of benzene rings is 2. The zero-order chi connectivity index (χ0) is 20.1. The molecule has 1 unspecified atom stereocenters. The molecular weight excluding hydrogens is 368 g/mol. The lowest BCUT2D eigenvalue weighted by atomic mass is 10.1. The molecule has 0 radical (unpaired) electrons. The molecule has 0 aliphatic carbocycles.